The number of carbonyl (C=O) groups is 3. The van der Waals surface area contributed by atoms with Gasteiger partial charge in [-0.15, -0.1) is 5.10 Å². The quantitative estimate of drug-likeness (QED) is 0.113. The van der Waals surface area contributed by atoms with E-state index in [4.69, 9.17) is 28.4 Å². The first kappa shape index (κ1) is 48.6. The van der Waals surface area contributed by atoms with Crippen molar-refractivity contribution in [3.63, 3.8) is 0 Å². The summed E-state index contributed by atoms with van der Waals surface area (Å²) in [6, 6.07) is 16.4. The zero-order valence-corrected chi connectivity index (χ0v) is 37.1. The van der Waals surface area contributed by atoms with Crippen LogP contribution in [0.2, 0.25) is 0 Å². The third-order valence-corrected chi connectivity index (χ3v) is 13.5. The molecule has 0 bridgehead atoms. The molecule has 1 amide bonds. The fourth-order valence-corrected chi connectivity index (χ4v) is 9.89. The maximum Gasteiger partial charge on any atom is 0.335 e. The van der Waals surface area contributed by atoms with Crippen LogP contribution in [0, 0.1) is 17.8 Å². The lowest BCUT2D eigenvalue weighted by Crippen LogP contribution is -2.67. The van der Waals surface area contributed by atoms with Gasteiger partial charge in [0.25, 0.3) is 0 Å². The van der Waals surface area contributed by atoms with Crippen molar-refractivity contribution >= 4 is 17.8 Å². The second-order valence-electron chi connectivity index (χ2n) is 18.1. The minimum Gasteiger partial charge on any atom is -0.469 e. The van der Waals surface area contributed by atoms with Crippen LogP contribution >= 0.6 is 0 Å². The second kappa shape index (κ2) is 22.4. The van der Waals surface area contributed by atoms with Gasteiger partial charge in [-0.1, -0.05) is 105 Å². The highest BCUT2D eigenvalue weighted by Gasteiger charge is 2.53. The molecule has 65 heavy (non-hydrogen) atoms. The van der Waals surface area contributed by atoms with Crippen molar-refractivity contribution in [1.82, 2.24) is 20.3 Å². The van der Waals surface area contributed by atoms with Gasteiger partial charge in [-0.05, 0) is 43.1 Å². The minimum absolute atomic E-state index is 0.0185. The summed E-state index contributed by atoms with van der Waals surface area (Å²) in [5.41, 5.74) is 2.07. The van der Waals surface area contributed by atoms with Gasteiger partial charge >= 0.3 is 11.9 Å². The molecular weight excluding hydrogens is 845 g/mol. The molecule has 356 valence electrons. The maximum absolute atomic E-state index is 14.0. The largest absolute Gasteiger partial charge is 0.469 e. The number of aliphatic hydroxyl groups is 5. The molecule has 2 aromatic carbocycles. The normalized spacial score (nSPS) is 33.7. The molecule has 4 aliphatic rings. The number of nitrogens with zero attached hydrogens (tertiary/aromatic N) is 3. The second-order valence-corrected chi connectivity index (χ2v) is 18.1. The Morgan fingerprint density at radius 3 is 2.25 bits per heavy atom. The number of nitrogens with one attached hydrogen (secondary N) is 1. The van der Waals surface area contributed by atoms with Crippen molar-refractivity contribution in [2.75, 3.05) is 13.7 Å². The standard InChI is InChI=1S/C47H64N4O14/c1-26-19-34(40(55)42(57)39(26)54)62-43-33(51-23-32(49-50-51)30-17-11-6-12-18-30)21-31(45(58)60-3)22-35(43)64-47-38(48-27(2)53)44(41(56)37(24-52)65-47)63-36(20-28-13-7-4-8-14-28)46(59)61-25-29-15-9-5-10-16-29/h5-6,9-12,15-18,23,26,28,31,33-44,47,52,54-57H,4,7-8,13-14,19-22,24-25H2,1-3H3,(H,48,53)/t26?,31?,33-,34?,35?,36+,37+,38?,39?,40?,41?,42?,43?,44?,47-/m1/s1. The number of amides is 1. The van der Waals surface area contributed by atoms with Crippen molar-refractivity contribution in [2.45, 2.75) is 158 Å². The van der Waals surface area contributed by atoms with Crippen LogP contribution in [-0.2, 0) is 49.4 Å². The minimum atomic E-state index is -1.57. The predicted molar refractivity (Wildman–Crippen MR) is 230 cm³/mol. The van der Waals surface area contributed by atoms with Gasteiger partial charge in [0.15, 0.2) is 12.4 Å². The first-order valence-corrected chi connectivity index (χ1v) is 22.8. The van der Waals surface area contributed by atoms with Crippen LogP contribution in [0.5, 0.6) is 0 Å². The number of esters is 2. The lowest BCUT2D eigenvalue weighted by Gasteiger charge is -2.49. The van der Waals surface area contributed by atoms with E-state index in [9.17, 15) is 39.9 Å². The predicted octanol–water partition coefficient (Wildman–Crippen LogP) is 2.38. The highest BCUT2D eigenvalue weighted by molar-refractivity contribution is 5.75. The summed E-state index contributed by atoms with van der Waals surface area (Å²) in [7, 11) is 1.27. The Balaban J connectivity index is 1.24. The van der Waals surface area contributed by atoms with Gasteiger partial charge in [0.1, 0.15) is 55.0 Å². The molecule has 18 heteroatoms. The first-order valence-electron chi connectivity index (χ1n) is 22.8. The van der Waals surface area contributed by atoms with E-state index in [0.29, 0.717) is 5.69 Å². The van der Waals surface area contributed by atoms with Crippen LogP contribution < -0.4 is 5.32 Å². The third kappa shape index (κ3) is 11.8. The Morgan fingerprint density at radius 2 is 1.57 bits per heavy atom. The Bertz CT molecular complexity index is 1990. The smallest absolute Gasteiger partial charge is 0.335 e. The summed E-state index contributed by atoms with van der Waals surface area (Å²) >= 11 is 0. The van der Waals surface area contributed by atoms with E-state index < -0.39 is 116 Å². The Morgan fingerprint density at radius 1 is 0.862 bits per heavy atom. The molecule has 1 saturated heterocycles. The molecule has 6 N–H and O–H groups in total. The SMILES string of the molecule is COC(=O)C1CC(O[C@@H]2O[C@@H](CO)C(O)C(O[C@@H](CC3CCCCC3)C(=O)OCc3ccccc3)C2NC(C)=O)C(OC2CC(C)C(O)C(O)C2O)[C@H](n2cc(-c3ccccc3)nn2)C1. The molecule has 15 atom stereocenters. The molecule has 7 rings (SSSR count). The summed E-state index contributed by atoms with van der Waals surface area (Å²) in [5, 5.41) is 67.0. The van der Waals surface area contributed by atoms with E-state index in [2.05, 4.69) is 15.6 Å². The molecule has 0 radical (unpaired) electrons. The van der Waals surface area contributed by atoms with Crippen molar-refractivity contribution in [2.24, 2.45) is 17.8 Å². The number of ether oxygens (including phenoxy) is 6. The Hall–Kier alpha value is -4.37. The summed E-state index contributed by atoms with van der Waals surface area (Å²) in [4.78, 5) is 40.6. The van der Waals surface area contributed by atoms with Gasteiger partial charge in [0, 0.05) is 12.5 Å². The maximum atomic E-state index is 14.0. The van der Waals surface area contributed by atoms with Crippen molar-refractivity contribution in [1.29, 1.82) is 0 Å². The molecule has 3 aromatic rings. The van der Waals surface area contributed by atoms with Crippen LogP contribution in [0.1, 0.15) is 83.2 Å². The first-order chi connectivity index (χ1) is 31.3. The van der Waals surface area contributed by atoms with Crippen LogP contribution in [0.25, 0.3) is 11.3 Å². The number of benzene rings is 2. The van der Waals surface area contributed by atoms with Crippen molar-refractivity contribution in [3.05, 3.63) is 72.4 Å². The van der Waals surface area contributed by atoms with Crippen LogP contribution in [-0.4, -0.2) is 145 Å². The molecule has 1 aromatic heterocycles. The van der Waals surface area contributed by atoms with E-state index in [1.165, 1.54) is 14.0 Å². The number of hydrogen-bond acceptors (Lipinski definition) is 16. The van der Waals surface area contributed by atoms with Crippen LogP contribution in [0.3, 0.4) is 0 Å². The van der Waals surface area contributed by atoms with Crippen molar-refractivity contribution < 1.29 is 68.3 Å². The third-order valence-electron chi connectivity index (χ3n) is 13.5. The fraction of sp³-hybridized carbons (Fsp3) is 0.638. The van der Waals surface area contributed by atoms with Gasteiger partial charge < -0.3 is 59.3 Å². The number of aliphatic hydroxyl groups excluding tert-OH is 5. The lowest BCUT2D eigenvalue weighted by atomic mass is 9.79. The molecule has 0 spiro atoms. The van der Waals surface area contributed by atoms with Gasteiger partial charge in [-0.2, -0.15) is 0 Å². The number of carbonyl (C=O) groups excluding carboxylic acids is 3. The van der Waals surface area contributed by atoms with Crippen LogP contribution in [0.15, 0.2) is 66.9 Å². The summed E-state index contributed by atoms with van der Waals surface area (Å²) in [6.07, 6.45) is -7.40. The average molecular weight is 909 g/mol. The van der Waals surface area contributed by atoms with Gasteiger partial charge in [0.05, 0.1) is 50.2 Å². The molecule has 2 heterocycles. The molecule has 1 aliphatic heterocycles. The fourth-order valence-electron chi connectivity index (χ4n) is 9.89. The molecule has 3 aliphatic carbocycles. The van der Waals surface area contributed by atoms with E-state index >= 15 is 0 Å². The number of hydrogen-bond donors (Lipinski definition) is 6. The Kier molecular flexibility index (Phi) is 16.7. The zero-order valence-electron chi connectivity index (χ0n) is 37.1. The van der Waals surface area contributed by atoms with Crippen LogP contribution in [0.4, 0.5) is 0 Å². The van der Waals surface area contributed by atoms with Crippen molar-refractivity contribution in [3.8, 4) is 11.3 Å². The van der Waals surface area contributed by atoms with Gasteiger partial charge in [-0.25, -0.2) is 9.48 Å². The summed E-state index contributed by atoms with van der Waals surface area (Å²) in [5.74, 6) is -2.92. The van der Waals surface area contributed by atoms with E-state index in [-0.39, 0.29) is 38.2 Å². The van der Waals surface area contributed by atoms with Gasteiger partial charge in [0.2, 0.25) is 5.91 Å². The topological polar surface area (TPSA) is 250 Å². The number of aromatic nitrogens is 3. The highest BCUT2D eigenvalue weighted by Crippen LogP contribution is 2.42. The highest BCUT2D eigenvalue weighted by atomic mass is 16.7. The van der Waals surface area contributed by atoms with E-state index in [1.54, 1.807) is 17.8 Å². The van der Waals surface area contributed by atoms with E-state index in [0.717, 1.165) is 43.2 Å². The number of rotatable bonds is 16. The monoisotopic (exact) mass is 908 g/mol. The summed E-state index contributed by atoms with van der Waals surface area (Å²) in [6.45, 7) is 2.27. The summed E-state index contributed by atoms with van der Waals surface area (Å²) < 4.78 is 39.1. The Labute approximate surface area is 378 Å². The zero-order chi connectivity index (χ0) is 46.2. The molecule has 18 nitrogen and oxygen atoms in total. The van der Waals surface area contributed by atoms with E-state index in [1.807, 2.05) is 60.7 Å². The molecule has 4 fully saturated rings. The lowest BCUT2D eigenvalue weighted by molar-refractivity contribution is -0.310. The molecule has 3 saturated carbocycles. The van der Waals surface area contributed by atoms with Gasteiger partial charge in [-0.3, -0.25) is 9.59 Å². The average Bonchev–Trinajstić information content (AvgIpc) is 3.82. The molecular formula is C47H64N4O14. The molecule has 11 unspecified atom stereocenters. The number of methoxy groups -OCH3 is 1.